The Morgan fingerprint density at radius 1 is 1.17 bits per heavy atom. The van der Waals surface area contributed by atoms with Gasteiger partial charge >= 0.3 is 5.97 Å². The molecule has 0 aromatic heterocycles. The van der Waals surface area contributed by atoms with E-state index in [-0.39, 0.29) is 18.1 Å². The summed E-state index contributed by atoms with van der Waals surface area (Å²) in [7, 11) is 1.30. The first kappa shape index (κ1) is 15.9. The molecule has 1 atom stereocenters. The smallest absolute Gasteiger partial charge is 0.337 e. The van der Waals surface area contributed by atoms with Crippen LogP contribution in [-0.2, 0) is 9.53 Å². The number of ether oxygens (including phenoxy) is 1. The van der Waals surface area contributed by atoms with Gasteiger partial charge in [-0.15, -0.1) is 0 Å². The Morgan fingerprint density at radius 2 is 1.92 bits per heavy atom. The predicted octanol–water partition coefficient (Wildman–Crippen LogP) is 3.09. The van der Waals surface area contributed by atoms with Crippen molar-refractivity contribution in [2.45, 2.75) is 19.3 Å². The van der Waals surface area contributed by atoms with E-state index in [2.05, 4.69) is 10.1 Å². The van der Waals surface area contributed by atoms with Crippen LogP contribution < -0.4 is 5.32 Å². The molecule has 0 bridgehead atoms. The molecule has 0 aliphatic heterocycles. The number of nitrogens with one attached hydrogen (secondary N) is 1. The molecule has 1 unspecified atom stereocenters. The van der Waals surface area contributed by atoms with Crippen LogP contribution in [-0.4, -0.2) is 24.8 Å². The summed E-state index contributed by atoms with van der Waals surface area (Å²) >= 11 is 0. The van der Waals surface area contributed by atoms with E-state index in [9.17, 15) is 14.4 Å². The van der Waals surface area contributed by atoms with Crippen molar-refractivity contribution < 1.29 is 19.1 Å². The lowest BCUT2D eigenvalue weighted by atomic mass is 9.95. The minimum absolute atomic E-state index is 0.0165. The van der Waals surface area contributed by atoms with Gasteiger partial charge in [0, 0.05) is 17.7 Å². The summed E-state index contributed by atoms with van der Waals surface area (Å²) in [6.07, 6.45) is 0.169. The molecule has 0 saturated heterocycles. The van der Waals surface area contributed by atoms with Crippen LogP contribution in [0.2, 0.25) is 0 Å². The lowest BCUT2D eigenvalue weighted by Crippen LogP contribution is -2.20. The quantitative estimate of drug-likeness (QED) is 0.881. The normalized spacial score (nSPS) is 15.8. The number of ketones is 1. The van der Waals surface area contributed by atoms with Gasteiger partial charge in [0.1, 0.15) is 0 Å². The van der Waals surface area contributed by atoms with E-state index in [1.807, 2.05) is 19.1 Å². The fourth-order valence-corrected chi connectivity index (χ4v) is 3.08. The van der Waals surface area contributed by atoms with Crippen molar-refractivity contribution in [1.82, 2.24) is 0 Å². The second-order valence-corrected chi connectivity index (χ2v) is 5.78. The number of anilines is 1. The monoisotopic (exact) mass is 323 g/mol. The molecule has 2 aromatic rings. The highest BCUT2D eigenvalue weighted by molar-refractivity contribution is 6.10. The van der Waals surface area contributed by atoms with E-state index < -0.39 is 11.9 Å². The van der Waals surface area contributed by atoms with Crippen molar-refractivity contribution in [1.29, 1.82) is 0 Å². The van der Waals surface area contributed by atoms with Crippen LogP contribution in [0, 0.1) is 6.92 Å². The standard InChI is InChI=1S/C19H17NO4/c1-11-5-3-8-14-16(21)10-15(17(11)14)18(22)20-13-7-4-6-12(9-13)19(23)24-2/h3-9,15H,10H2,1-2H3,(H,20,22). The van der Waals surface area contributed by atoms with E-state index in [1.54, 1.807) is 30.3 Å². The highest BCUT2D eigenvalue weighted by Gasteiger charge is 2.35. The Hall–Kier alpha value is -2.95. The zero-order valence-corrected chi connectivity index (χ0v) is 13.5. The summed E-state index contributed by atoms with van der Waals surface area (Å²) in [5.41, 5.74) is 3.20. The molecule has 1 amide bonds. The molecule has 5 nitrogen and oxygen atoms in total. The topological polar surface area (TPSA) is 72.5 Å². The first-order valence-corrected chi connectivity index (χ1v) is 7.63. The molecule has 0 saturated carbocycles. The Labute approximate surface area is 139 Å². The Morgan fingerprint density at radius 3 is 2.67 bits per heavy atom. The van der Waals surface area contributed by atoms with Gasteiger partial charge in [0.15, 0.2) is 5.78 Å². The minimum atomic E-state index is -0.504. The van der Waals surface area contributed by atoms with Gasteiger partial charge in [-0.2, -0.15) is 0 Å². The molecule has 122 valence electrons. The molecule has 1 aliphatic rings. The molecule has 0 spiro atoms. The highest BCUT2D eigenvalue weighted by Crippen LogP contribution is 2.36. The number of hydrogen-bond acceptors (Lipinski definition) is 4. The van der Waals surface area contributed by atoms with Crippen molar-refractivity contribution in [3.8, 4) is 0 Å². The van der Waals surface area contributed by atoms with E-state index in [4.69, 9.17) is 0 Å². The van der Waals surface area contributed by atoms with Gasteiger partial charge in [-0.05, 0) is 36.2 Å². The van der Waals surface area contributed by atoms with E-state index in [1.165, 1.54) is 7.11 Å². The second kappa shape index (κ2) is 6.28. The van der Waals surface area contributed by atoms with Crippen LogP contribution in [0.4, 0.5) is 5.69 Å². The molecular formula is C19H17NO4. The zero-order valence-electron chi connectivity index (χ0n) is 13.5. The number of methoxy groups -OCH3 is 1. The molecule has 1 aliphatic carbocycles. The molecule has 3 rings (SSSR count). The van der Waals surface area contributed by atoms with Crippen molar-refractivity contribution in [2.24, 2.45) is 0 Å². The third kappa shape index (κ3) is 2.80. The van der Waals surface area contributed by atoms with Gasteiger partial charge in [0.2, 0.25) is 5.91 Å². The summed E-state index contributed by atoms with van der Waals surface area (Å²) in [6, 6.07) is 12.0. The zero-order chi connectivity index (χ0) is 17.3. The average molecular weight is 323 g/mol. The fourth-order valence-electron chi connectivity index (χ4n) is 3.08. The van der Waals surface area contributed by atoms with Crippen molar-refractivity contribution >= 4 is 23.3 Å². The van der Waals surface area contributed by atoms with Gasteiger partial charge < -0.3 is 10.1 Å². The Kier molecular flexibility index (Phi) is 4.16. The van der Waals surface area contributed by atoms with Gasteiger partial charge in [-0.25, -0.2) is 4.79 Å². The number of fused-ring (bicyclic) bond motifs is 1. The third-order valence-electron chi connectivity index (χ3n) is 4.23. The maximum absolute atomic E-state index is 12.6. The fraction of sp³-hybridized carbons (Fsp3) is 0.211. The predicted molar refractivity (Wildman–Crippen MR) is 89.3 cm³/mol. The molecular weight excluding hydrogens is 306 g/mol. The highest BCUT2D eigenvalue weighted by atomic mass is 16.5. The van der Waals surface area contributed by atoms with E-state index >= 15 is 0 Å². The van der Waals surface area contributed by atoms with E-state index in [0.29, 0.717) is 16.8 Å². The molecule has 1 N–H and O–H groups in total. The average Bonchev–Trinajstić information content (AvgIpc) is 2.93. The number of Topliss-reactive ketones (excluding diaryl/α,β-unsaturated/α-hetero) is 1. The van der Waals surface area contributed by atoms with Crippen molar-refractivity contribution in [2.75, 3.05) is 12.4 Å². The Balaban J connectivity index is 1.85. The maximum atomic E-state index is 12.6. The number of aryl methyl sites for hydroxylation is 1. The SMILES string of the molecule is COC(=O)c1cccc(NC(=O)C2CC(=O)c3cccc(C)c32)c1. The van der Waals surface area contributed by atoms with Crippen molar-refractivity contribution in [3.05, 3.63) is 64.7 Å². The lowest BCUT2D eigenvalue weighted by Gasteiger charge is -2.14. The number of hydrogen-bond donors (Lipinski definition) is 1. The van der Waals surface area contributed by atoms with Crippen LogP contribution >= 0.6 is 0 Å². The van der Waals surface area contributed by atoms with Gasteiger partial charge in [-0.1, -0.05) is 24.3 Å². The van der Waals surface area contributed by atoms with Crippen LogP contribution in [0.25, 0.3) is 0 Å². The summed E-state index contributed by atoms with van der Waals surface area (Å²) in [4.78, 5) is 36.4. The number of benzene rings is 2. The maximum Gasteiger partial charge on any atom is 0.337 e. The van der Waals surface area contributed by atoms with Crippen LogP contribution in [0.1, 0.15) is 44.2 Å². The summed E-state index contributed by atoms with van der Waals surface area (Å²) in [6.45, 7) is 1.90. The van der Waals surface area contributed by atoms with Crippen LogP contribution in [0.5, 0.6) is 0 Å². The number of amides is 1. The Bertz CT molecular complexity index is 841. The minimum Gasteiger partial charge on any atom is -0.465 e. The molecule has 0 heterocycles. The van der Waals surface area contributed by atoms with Gasteiger partial charge in [0.05, 0.1) is 18.6 Å². The van der Waals surface area contributed by atoms with Crippen molar-refractivity contribution in [3.63, 3.8) is 0 Å². The second-order valence-electron chi connectivity index (χ2n) is 5.78. The summed E-state index contributed by atoms with van der Waals surface area (Å²) in [5.74, 6) is -1.24. The number of esters is 1. The first-order chi connectivity index (χ1) is 11.5. The molecule has 24 heavy (non-hydrogen) atoms. The van der Waals surface area contributed by atoms with Gasteiger partial charge in [0.25, 0.3) is 0 Å². The number of rotatable bonds is 3. The first-order valence-electron chi connectivity index (χ1n) is 7.63. The molecule has 2 aromatic carbocycles. The lowest BCUT2D eigenvalue weighted by molar-refractivity contribution is -0.117. The molecule has 0 fully saturated rings. The molecule has 0 radical (unpaired) electrons. The summed E-state index contributed by atoms with van der Waals surface area (Å²) < 4.78 is 4.68. The summed E-state index contributed by atoms with van der Waals surface area (Å²) in [5, 5.41) is 2.79. The number of carbonyl (C=O) groups is 3. The molecule has 5 heteroatoms. The largest absolute Gasteiger partial charge is 0.465 e. The van der Waals surface area contributed by atoms with E-state index in [0.717, 1.165) is 11.1 Å². The third-order valence-corrected chi connectivity index (χ3v) is 4.23. The van der Waals surface area contributed by atoms with Crippen LogP contribution in [0.15, 0.2) is 42.5 Å². The van der Waals surface area contributed by atoms with Crippen LogP contribution in [0.3, 0.4) is 0 Å². The number of carbonyl (C=O) groups excluding carboxylic acids is 3. The van der Waals surface area contributed by atoms with Gasteiger partial charge in [-0.3, -0.25) is 9.59 Å².